The van der Waals surface area contributed by atoms with Crippen LogP contribution in [0.2, 0.25) is 0 Å². The minimum atomic E-state index is -0.387. The molecule has 31 heavy (non-hydrogen) atoms. The summed E-state index contributed by atoms with van der Waals surface area (Å²) in [5, 5.41) is 9.32. The zero-order valence-electron chi connectivity index (χ0n) is 17.2. The second-order valence-corrected chi connectivity index (χ2v) is 6.63. The van der Waals surface area contributed by atoms with Crippen LogP contribution in [0, 0.1) is 0 Å². The van der Waals surface area contributed by atoms with Crippen LogP contribution in [0.1, 0.15) is 31.8 Å². The highest BCUT2D eigenvalue weighted by atomic mass is 16.5. The van der Waals surface area contributed by atoms with E-state index in [9.17, 15) is 14.7 Å². The molecule has 3 aromatic rings. The summed E-state index contributed by atoms with van der Waals surface area (Å²) in [6.07, 6.45) is 3.15. The molecule has 0 aliphatic rings. The SMILES string of the molecule is COC(=O)c1ccc(COc2ccc(/C=C/C(=O)c3ccc(O)cc3)cc2OC)cc1. The van der Waals surface area contributed by atoms with Crippen LogP contribution in [0.5, 0.6) is 17.2 Å². The number of benzene rings is 3. The van der Waals surface area contributed by atoms with Crippen LogP contribution in [-0.2, 0) is 11.3 Å². The van der Waals surface area contributed by atoms with Crippen molar-refractivity contribution in [2.45, 2.75) is 6.61 Å². The lowest BCUT2D eigenvalue weighted by atomic mass is 10.1. The molecular weight excluding hydrogens is 396 g/mol. The molecule has 0 aliphatic carbocycles. The standard InChI is InChI=1S/C25H22O6/c1-29-24-15-17(5-13-22(27)19-9-11-21(26)12-10-19)6-14-23(24)31-16-18-3-7-20(8-4-18)25(28)30-2/h3-15,26H,16H2,1-2H3/b13-5+. The van der Waals surface area contributed by atoms with Crippen molar-refractivity contribution in [2.75, 3.05) is 14.2 Å². The molecule has 158 valence electrons. The minimum Gasteiger partial charge on any atom is -0.508 e. The maximum atomic E-state index is 12.2. The number of methoxy groups -OCH3 is 2. The van der Waals surface area contributed by atoms with E-state index in [-0.39, 0.29) is 17.5 Å². The van der Waals surface area contributed by atoms with Crippen molar-refractivity contribution in [2.24, 2.45) is 0 Å². The first-order chi connectivity index (χ1) is 15.0. The molecule has 0 unspecified atom stereocenters. The van der Waals surface area contributed by atoms with E-state index in [1.54, 1.807) is 61.7 Å². The number of carbonyl (C=O) groups excluding carboxylic acids is 2. The van der Waals surface area contributed by atoms with Gasteiger partial charge in [-0.2, -0.15) is 0 Å². The van der Waals surface area contributed by atoms with Crippen molar-refractivity contribution in [3.8, 4) is 17.2 Å². The zero-order chi connectivity index (χ0) is 22.2. The van der Waals surface area contributed by atoms with E-state index in [1.807, 2.05) is 6.07 Å². The number of phenols is 1. The summed E-state index contributed by atoms with van der Waals surface area (Å²) in [6.45, 7) is 0.298. The van der Waals surface area contributed by atoms with Crippen molar-refractivity contribution in [1.82, 2.24) is 0 Å². The summed E-state index contributed by atoms with van der Waals surface area (Å²) < 4.78 is 15.9. The van der Waals surface area contributed by atoms with Gasteiger partial charge in [0, 0.05) is 5.56 Å². The van der Waals surface area contributed by atoms with Gasteiger partial charge < -0.3 is 19.3 Å². The van der Waals surface area contributed by atoms with E-state index in [0.29, 0.717) is 29.2 Å². The molecular formula is C25H22O6. The topological polar surface area (TPSA) is 82.1 Å². The Kier molecular flexibility index (Phi) is 7.06. The number of carbonyl (C=O) groups is 2. The van der Waals surface area contributed by atoms with Gasteiger partial charge >= 0.3 is 5.97 Å². The second-order valence-electron chi connectivity index (χ2n) is 6.63. The largest absolute Gasteiger partial charge is 0.508 e. The Labute approximate surface area is 180 Å². The van der Waals surface area contributed by atoms with Crippen LogP contribution in [0.25, 0.3) is 6.08 Å². The maximum absolute atomic E-state index is 12.2. The lowest BCUT2D eigenvalue weighted by molar-refractivity contribution is 0.0600. The Morgan fingerprint density at radius 2 is 1.55 bits per heavy atom. The van der Waals surface area contributed by atoms with Crippen molar-refractivity contribution in [1.29, 1.82) is 0 Å². The number of allylic oxidation sites excluding steroid dienone is 1. The average Bonchev–Trinajstić information content (AvgIpc) is 2.81. The highest BCUT2D eigenvalue weighted by molar-refractivity contribution is 6.06. The molecule has 6 nitrogen and oxygen atoms in total. The van der Waals surface area contributed by atoms with E-state index in [0.717, 1.165) is 11.1 Å². The Hall–Kier alpha value is -4.06. The highest BCUT2D eigenvalue weighted by Crippen LogP contribution is 2.29. The third-order valence-corrected chi connectivity index (χ3v) is 4.54. The molecule has 6 heteroatoms. The van der Waals surface area contributed by atoms with Crippen molar-refractivity contribution < 1.29 is 28.9 Å². The van der Waals surface area contributed by atoms with Crippen LogP contribution < -0.4 is 9.47 Å². The number of phenolic OH excluding ortho intramolecular Hbond substituents is 1. The molecule has 0 fully saturated rings. The summed E-state index contributed by atoms with van der Waals surface area (Å²) in [6, 6.07) is 18.4. The summed E-state index contributed by atoms with van der Waals surface area (Å²) in [7, 11) is 2.89. The molecule has 3 aromatic carbocycles. The number of rotatable bonds is 8. The quantitative estimate of drug-likeness (QED) is 0.325. The van der Waals surface area contributed by atoms with Gasteiger partial charge in [0.05, 0.1) is 19.8 Å². The first-order valence-corrected chi connectivity index (χ1v) is 9.49. The molecule has 0 saturated carbocycles. The Balaban J connectivity index is 1.66. The molecule has 3 rings (SSSR count). The lowest BCUT2D eigenvalue weighted by Gasteiger charge is -2.11. The van der Waals surface area contributed by atoms with Gasteiger partial charge in [-0.15, -0.1) is 0 Å². The number of ether oxygens (including phenoxy) is 3. The van der Waals surface area contributed by atoms with Gasteiger partial charge in [-0.3, -0.25) is 4.79 Å². The molecule has 0 spiro atoms. The average molecular weight is 418 g/mol. The fourth-order valence-corrected chi connectivity index (χ4v) is 2.82. The maximum Gasteiger partial charge on any atom is 0.337 e. The number of esters is 1. The van der Waals surface area contributed by atoms with Gasteiger partial charge in [-0.25, -0.2) is 4.79 Å². The minimum absolute atomic E-state index is 0.111. The van der Waals surface area contributed by atoms with Crippen molar-refractivity contribution in [3.05, 3.63) is 95.1 Å². The van der Waals surface area contributed by atoms with Gasteiger partial charge in [-0.05, 0) is 65.7 Å². The van der Waals surface area contributed by atoms with Crippen LogP contribution in [0.15, 0.2) is 72.8 Å². The normalized spacial score (nSPS) is 10.6. The number of hydrogen-bond donors (Lipinski definition) is 1. The van der Waals surface area contributed by atoms with E-state index in [1.165, 1.54) is 25.3 Å². The van der Waals surface area contributed by atoms with Gasteiger partial charge in [-0.1, -0.05) is 24.3 Å². The van der Waals surface area contributed by atoms with Crippen LogP contribution in [0.3, 0.4) is 0 Å². The predicted octanol–water partition coefficient (Wildman–Crippen LogP) is 4.66. The molecule has 0 amide bonds. The third kappa shape index (κ3) is 5.73. The fourth-order valence-electron chi connectivity index (χ4n) is 2.82. The van der Waals surface area contributed by atoms with E-state index in [4.69, 9.17) is 9.47 Å². The highest BCUT2D eigenvalue weighted by Gasteiger charge is 2.08. The molecule has 0 aromatic heterocycles. The van der Waals surface area contributed by atoms with E-state index in [2.05, 4.69) is 4.74 Å². The summed E-state index contributed by atoms with van der Waals surface area (Å²) in [5.74, 6) is 0.642. The van der Waals surface area contributed by atoms with Gasteiger partial charge in [0.15, 0.2) is 17.3 Å². The number of aromatic hydroxyl groups is 1. The molecule has 0 atom stereocenters. The first kappa shape index (κ1) is 21.6. The smallest absolute Gasteiger partial charge is 0.337 e. The van der Waals surface area contributed by atoms with Crippen molar-refractivity contribution in [3.63, 3.8) is 0 Å². The fraction of sp³-hybridized carbons (Fsp3) is 0.120. The monoisotopic (exact) mass is 418 g/mol. The van der Waals surface area contributed by atoms with Gasteiger partial charge in [0.25, 0.3) is 0 Å². The number of hydrogen-bond acceptors (Lipinski definition) is 6. The summed E-state index contributed by atoms with van der Waals surface area (Å²) >= 11 is 0. The Bertz CT molecular complexity index is 1080. The Morgan fingerprint density at radius 1 is 0.871 bits per heavy atom. The molecule has 0 saturated heterocycles. The van der Waals surface area contributed by atoms with E-state index >= 15 is 0 Å². The lowest BCUT2D eigenvalue weighted by Crippen LogP contribution is -2.02. The molecule has 1 N–H and O–H groups in total. The van der Waals surface area contributed by atoms with Crippen LogP contribution in [0.4, 0.5) is 0 Å². The Morgan fingerprint density at radius 3 is 2.19 bits per heavy atom. The molecule has 0 bridgehead atoms. The predicted molar refractivity (Wildman–Crippen MR) is 117 cm³/mol. The van der Waals surface area contributed by atoms with Crippen LogP contribution >= 0.6 is 0 Å². The summed E-state index contributed by atoms with van der Waals surface area (Å²) in [5.41, 5.74) is 2.62. The zero-order valence-corrected chi connectivity index (χ0v) is 17.2. The summed E-state index contributed by atoms with van der Waals surface area (Å²) in [4.78, 5) is 23.7. The number of ketones is 1. The van der Waals surface area contributed by atoms with Gasteiger partial charge in [0.1, 0.15) is 12.4 Å². The van der Waals surface area contributed by atoms with Crippen LogP contribution in [-0.4, -0.2) is 31.1 Å². The van der Waals surface area contributed by atoms with Gasteiger partial charge in [0.2, 0.25) is 0 Å². The van der Waals surface area contributed by atoms with E-state index < -0.39 is 0 Å². The second kappa shape index (κ2) is 10.1. The third-order valence-electron chi connectivity index (χ3n) is 4.54. The molecule has 0 aliphatic heterocycles. The molecule has 0 radical (unpaired) electrons. The van der Waals surface area contributed by atoms with Crippen molar-refractivity contribution >= 4 is 17.8 Å². The molecule has 0 heterocycles. The first-order valence-electron chi connectivity index (χ1n) is 9.49.